The van der Waals surface area contributed by atoms with Crippen molar-refractivity contribution in [2.75, 3.05) is 11.9 Å². The molecule has 1 aromatic carbocycles. The van der Waals surface area contributed by atoms with E-state index in [1.54, 1.807) is 23.5 Å². The predicted molar refractivity (Wildman–Crippen MR) is 93.3 cm³/mol. The second-order valence-electron chi connectivity index (χ2n) is 5.30. The molecule has 2 amide bonds. The summed E-state index contributed by atoms with van der Waals surface area (Å²) in [6.45, 7) is 2.37. The molecular weight excluding hydrogens is 326 g/mol. The first kappa shape index (κ1) is 16.2. The van der Waals surface area contributed by atoms with Gasteiger partial charge in [0.25, 0.3) is 5.91 Å². The van der Waals surface area contributed by atoms with Crippen molar-refractivity contribution in [3.05, 3.63) is 47.4 Å². The maximum atomic E-state index is 12.0. The maximum absolute atomic E-state index is 12.0. The molecule has 24 heavy (non-hydrogen) atoms. The highest BCUT2D eigenvalue weighted by Crippen LogP contribution is 2.24. The van der Waals surface area contributed by atoms with E-state index in [-0.39, 0.29) is 17.6 Å². The summed E-state index contributed by atoms with van der Waals surface area (Å²) in [5.74, 6) is -0.0816. The molecule has 0 bridgehead atoms. The zero-order valence-corrected chi connectivity index (χ0v) is 14.0. The molecule has 0 saturated carbocycles. The number of aryl methyl sites for hydroxylation is 1. The minimum atomic E-state index is -0.272. The number of carbonyl (C=O) groups excluding carboxylic acids is 2. The second-order valence-corrected chi connectivity index (χ2v) is 6.54. The molecule has 3 aromatic rings. The normalized spacial score (nSPS) is 10.7. The Hall–Kier alpha value is -2.67. The summed E-state index contributed by atoms with van der Waals surface area (Å²) in [7, 11) is 0. The lowest BCUT2D eigenvalue weighted by Gasteiger charge is -2.06. The molecule has 0 fully saturated rings. The van der Waals surface area contributed by atoms with Crippen LogP contribution >= 0.6 is 11.3 Å². The molecule has 7 heteroatoms. The fourth-order valence-corrected chi connectivity index (χ4v) is 3.15. The van der Waals surface area contributed by atoms with E-state index in [9.17, 15) is 9.59 Å². The fraction of sp³-hybridized carbons (Fsp3) is 0.235. The molecule has 0 radical (unpaired) electrons. The van der Waals surface area contributed by atoms with E-state index in [1.807, 2.05) is 25.1 Å². The van der Waals surface area contributed by atoms with Crippen LogP contribution in [0.5, 0.6) is 0 Å². The average Bonchev–Trinajstić information content (AvgIpc) is 3.19. The molecular formula is C17H17N3O3S. The number of carbonyl (C=O) groups is 2. The van der Waals surface area contributed by atoms with Gasteiger partial charge < -0.3 is 15.1 Å². The predicted octanol–water partition coefficient (Wildman–Crippen LogP) is 3.35. The number of amides is 2. The van der Waals surface area contributed by atoms with Gasteiger partial charge in [-0.3, -0.25) is 9.59 Å². The van der Waals surface area contributed by atoms with Gasteiger partial charge in [-0.1, -0.05) is 0 Å². The van der Waals surface area contributed by atoms with Crippen molar-refractivity contribution in [2.24, 2.45) is 0 Å². The van der Waals surface area contributed by atoms with E-state index in [1.165, 1.54) is 6.26 Å². The number of aromatic nitrogens is 1. The van der Waals surface area contributed by atoms with Gasteiger partial charge >= 0.3 is 0 Å². The zero-order valence-electron chi connectivity index (χ0n) is 13.2. The molecule has 0 unspecified atom stereocenters. The van der Waals surface area contributed by atoms with Gasteiger partial charge in [0, 0.05) is 18.7 Å². The highest BCUT2D eigenvalue weighted by Gasteiger charge is 2.08. The van der Waals surface area contributed by atoms with Gasteiger partial charge in [-0.2, -0.15) is 0 Å². The van der Waals surface area contributed by atoms with E-state index >= 15 is 0 Å². The molecule has 0 atom stereocenters. The number of thiazole rings is 1. The average molecular weight is 343 g/mol. The number of anilines is 1. The van der Waals surface area contributed by atoms with Gasteiger partial charge in [-0.15, -0.1) is 11.3 Å². The van der Waals surface area contributed by atoms with E-state index in [2.05, 4.69) is 15.6 Å². The Kier molecular flexibility index (Phi) is 4.90. The lowest BCUT2D eigenvalue weighted by Crippen LogP contribution is -2.25. The molecule has 2 aromatic heterocycles. The number of nitrogens with zero attached hydrogens (tertiary/aromatic N) is 1. The summed E-state index contributed by atoms with van der Waals surface area (Å²) in [6.07, 6.45) is 2.34. The summed E-state index contributed by atoms with van der Waals surface area (Å²) in [4.78, 5) is 28.0. The lowest BCUT2D eigenvalue weighted by molar-refractivity contribution is -0.116. The van der Waals surface area contributed by atoms with Gasteiger partial charge in [-0.25, -0.2) is 4.98 Å². The summed E-state index contributed by atoms with van der Waals surface area (Å²) >= 11 is 1.60. The molecule has 124 valence electrons. The fourth-order valence-electron chi connectivity index (χ4n) is 2.29. The van der Waals surface area contributed by atoms with Crippen molar-refractivity contribution in [2.45, 2.75) is 19.8 Å². The molecule has 0 spiro atoms. The smallest absolute Gasteiger partial charge is 0.286 e. The second kappa shape index (κ2) is 7.27. The van der Waals surface area contributed by atoms with E-state index < -0.39 is 0 Å². The highest BCUT2D eigenvalue weighted by atomic mass is 32.1. The number of furan rings is 1. The van der Waals surface area contributed by atoms with Crippen LogP contribution in [-0.4, -0.2) is 23.3 Å². The van der Waals surface area contributed by atoms with Crippen LogP contribution in [-0.2, 0) is 4.79 Å². The molecule has 6 nitrogen and oxygen atoms in total. The van der Waals surface area contributed by atoms with E-state index in [0.29, 0.717) is 19.4 Å². The molecule has 2 heterocycles. The standard InChI is InChI=1S/C17H17N3O3S/c1-11-19-13-7-6-12(10-15(13)24-11)20-16(21)5-2-8-18-17(22)14-4-3-9-23-14/h3-4,6-7,9-10H,2,5,8H2,1H3,(H,18,22)(H,20,21). The molecule has 0 saturated heterocycles. The van der Waals surface area contributed by atoms with E-state index in [0.717, 1.165) is 20.9 Å². The van der Waals surface area contributed by atoms with E-state index in [4.69, 9.17) is 4.42 Å². The minimum Gasteiger partial charge on any atom is -0.459 e. The molecule has 0 aliphatic carbocycles. The Morgan fingerprint density at radius 2 is 2.17 bits per heavy atom. The quantitative estimate of drug-likeness (QED) is 0.672. The van der Waals surface area contributed by atoms with Crippen LogP contribution < -0.4 is 10.6 Å². The summed E-state index contributed by atoms with van der Waals surface area (Å²) in [6, 6.07) is 8.93. The third-order valence-corrected chi connectivity index (χ3v) is 4.32. The van der Waals surface area contributed by atoms with Gasteiger partial charge in [0.15, 0.2) is 5.76 Å². The number of benzene rings is 1. The number of hydrogen-bond acceptors (Lipinski definition) is 5. The van der Waals surface area contributed by atoms with Gasteiger partial charge in [0.1, 0.15) is 0 Å². The van der Waals surface area contributed by atoms with Gasteiger partial charge in [0.2, 0.25) is 5.91 Å². The summed E-state index contributed by atoms with van der Waals surface area (Å²) in [5, 5.41) is 6.58. The number of rotatable bonds is 6. The third kappa shape index (κ3) is 3.99. The van der Waals surface area contributed by atoms with Crippen molar-refractivity contribution in [3.63, 3.8) is 0 Å². The monoisotopic (exact) mass is 343 g/mol. The van der Waals surface area contributed by atoms with Gasteiger partial charge in [0.05, 0.1) is 21.5 Å². The third-order valence-electron chi connectivity index (χ3n) is 3.39. The highest BCUT2D eigenvalue weighted by molar-refractivity contribution is 7.18. The molecule has 0 aliphatic rings. The van der Waals surface area contributed by atoms with Gasteiger partial charge in [-0.05, 0) is 43.7 Å². The zero-order chi connectivity index (χ0) is 16.9. The first-order chi connectivity index (χ1) is 11.6. The molecule has 3 rings (SSSR count). The lowest BCUT2D eigenvalue weighted by atomic mass is 10.2. The van der Waals surface area contributed by atoms with Crippen molar-refractivity contribution in [1.82, 2.24) is 10.3 Å². The first-order valence-corrected chi connectivity index (χ1v) is 8.42. The number of hydrogen-bond donors (Lipinski definition) is 2. The molecule has 2 N–H and O–H groups in total. The summed E-state index contributed by atoms with van der Waals surface area (Å²) in [5.41, 5.74) is 1.70. The van der Waals surface area contributed by atoms with Crippen LogP contribution in [0.3, 0.4) is 0 Å². The Labute approximate surface area is 142 Å². The van der Waals surface area contributed by atoms with Crippen LogP contribution in [0.15, 0.2) is 41.0 Å². The topological polar surface area (TPSA) is 84.2 Å². The van der Waals surface area contributed by atoms with Crippen molar-refractivity contribution in [3.8, 4) is 0 Å². The maximum Gasteiger partial charge on any atom is 0.286 e. The van der Waals surface area contributed by atoms with Crippen LogP contribution in [0.4, 0.5) is 5.69 Å². The molecule has 0 aliphatic heterocycles. The van der Waals surface area contributed by atoms with Crippen molar-refractivity contribution >= 4 is 39.1 Å². The Balaban J connectivity index is 1.44. The van der Waals surface area contributed by atoms with Crippen molar-refractivity contribution in [1.29, 1.82) is 0 Å². The SMILES string of the molecule is Cc1nc2ccc(NC(=O)CCCNC(=O)c3ccco3)cc2s1. The number of fused-ring (bicyclic) bond motifs is 1. The van der Waals surface area contributed by atoms with Crippen LogP contribution in [0.2, 0.25) is 0 Å². The largest absolute Gasteiger partial charge is 0.459 e. The van der Waals surface area contributed by atoms with Crippen LogP contribution in [0, 0.1) is 6.92 Å². The number of nitrogens with one attached hydrogen (secondary N) is 2. The van der Waals surface area contributed by atoms with Crippen LogP contribution in [0.25, 0.3) is 10.2 Å². The Bertz CT molecular complexity index is 855. The minimum absolute atomic E-state index is 0.0807. The van der Waals surface area contributed by atoms with Crippen molar-refractivity contribution < 1.29 is 14.0 Å². The first-order valence-electron chi connectivity index (χ1n) is 7.60. The Morgan fingerprint density at radius 1 is 1.29 bits per heavy atom. The Morgan fingerprint density at radius 3 is 2.96 bits per heavy atom. The van der Waals surface area contributed by atoms with Crippen LogP contribution in [0.1, 0.15) is 28.4 Å². The summed E-state index contributed by atoms with van der Waals surface area (Å²) < 4.78 is 6.05.